The van der Waals surface area contributed by atoms with Crippen molar-refractivity contribution < 1.29 is 13.2 Å². The molecule has 1 aliphatic heterocycles. The number of para-hydroxylation sites is 1. The first-order valence-corrected chi connectivity index (χ1v) is 11.7. The lowest BCUT2D eigenvalue weighted by molar-refractivity contribution is 0.246. The van der Waals surface area contributed by atoms with Gasteiger partial charge in [0, 0.05) is 24.2 Å². The third kappa shape index (κ3) is 4.33. The van der Waals surface area contributed by atoms with Gasteiger partial charge in [-0.1, -0.05) is 24.3 Å². The Balaban J connectivity index is 1.63. The summed E-state index contributed by atoms with van der Waals surface area (Å²) in [5.41, 5.74) is 2.54. The first kappa shape index (κ1) is 20.8. The Kier molecular flexibility index (Phi) is 6.04. The Morgan fingerprint density at radius 2 is 1.90 bits per heavy atom. The van der Waals surface area contributed by atoms with Crippen molar-refractivity contribution in [2.24, 2.45) is 0 Å². The molecule has 1 unspecified atom stereocenters. The van der Waals surface area contributed by atoms with Crippen LogP contribution in [-0.4, -0.2) is 45.0 Å². The molecule has 0 saturated carbocycles. The number of ether oxygens (including phenoxy) is 1. The fourth-order valence-corrected chi connectivity index (χ4v) is 5.30. The van der Waals surface area contributed by atoms with Gasteiger partial charge in [0.05, 0.1) is 12.6 Å². The van der Waals surface area contributed by atoms with Crippen molar-refractivity contribution in [2.45, 2.75) is 30.7 Å². The molecule has 4 rings (SSSR count). The summed E-state index contributed by atoms with van der Waals surface area (Å²) in [4.78, 5) is 6.94. The zero-order chi connectivity index (χ0) is 21.1. The molecular formula is C23H27N3O3S. The molecule has 1 aromatic heterocycles. The maximum atomic E-state index is 13.2. The zero-order valence-electron chi connectivity index (χ0n) is 17.3. The number of hydrogen-bond donors (Lipinski definition) is 1. The average molecular weight is 426 g/mol. The van der Waals surface area contributed by atoms with Gasteiger partial charge in [0.2, 0.25) is 10.0 Å². The van der Waals surface area contributed by atoms with Crippen LogP contribution in [0.4, 0.5) is 0 Å². The van der Waals surface area contributed by atoms with E-state index in [0.717, 1.165) is 48.2 Å². The molecule has 0 bridgehead atoms. The molecule has 1 fully saturated rings. The summed E-state index contributed by atoms with van der Waals surface area (Å²) in [6.45, 7) is 4.15. The van der Waals surface area contributed by atoms with Gasteiger partial charge >= 0.3 is 0 Å². The summed E-state index contributed by atoms with van der Waals surface area (Å²) in [6, 6.07) is 15.0. The Morgan fingerprint density at radius 3 is 2.67 bits per heavy atom. The van der Waals surface area contributed by atoms with Crippen molar-refractivity contribution in [3.05, 3.63) is 65.9 Å². The number of aryl methyl sites for hydroxylation is 1. The lowest BCUT2D eigenvalue weighted by Crippen LogP contribution is -2.36. The number of methoxy groups -OCH3 is 1. The lowest BCUT2D eigenvalue weighted by Gasteiger charge is -2.28. The largest absolute Gasteiger partial charge is 0.497 e. The Morgan fingerprint density at radius 1 is 1.13 bits per heavy atom. The van der Waals surface area contributed by atoms with Crippen molar-refractivity contribution in [1.29, 1.82) is 0 Å². The normalized spacial score (nSPS) is 16.1. The first-order chi connectivity index (χ1) is 14.5. The second-order valence-corrected chi connectivity index (χ2v) is 9.46. The van der Waals surface area contributed by atoms with Crippen molar-refractivity contribution >= 4 is 20.9 Å². The van der Waals surface area contributed by atoms with Crippen LogP contribution in [0.25, 0.3) is 10.9 Å². The number of sulfonamides is 1. The van der Waals surface area contributed by atoms with E-state index in [2.05, 4.69) is 14.6 Å². The van der Waals surface area contributed by atoms with Crippen LogP contribution in [0.3, 0.4) is 0 Å². The van der Waals surface area contributed by atoms with Crippen molar-refractivity contribution in [3.63, 3.8) is 0 Å². The molecule has 2 heterocycles. The van der Waals surface area contributed by atoms with Crippen LogP contribution in [0.1, 0.15) is 30.0 Å². The van der Waals surface area contributed by atoms with Crippen molar-refractivity contribution in [3.8, 4) is 5.75 Å². The van der Waals surface area contributed by atoms with E-state index in [9.17, 15) is 8.42 Å². The van der Waals surface area contributed by atoms with Crippen LogP contribution >= 0.6 is 0 Å². The minimum Gasteiger partial charge on any atom is -0.497 e. The van der Waals surface area contributed by atoms with Gasteiger partial charge < -0.3 is 4.74 Å². The summed E-state index contributed by atoms with van der Waals surface area (Å²) in [5.74, 6) is 0.771. The van der Waals surface area contributed by atoms with E-state index in [0.29, 0.717) is 5.52 Å². The highest BCUT2D eigenvalue weighted by molar-refractivity contribution is 7.89. The maximum absolute atomic E-state index is 13.2. The molecular weight excluding hydrogens is 398 g/mol. The van der Waals surface area contributed by atoms with Gasteiger partial charge in [-0.15, -0.1) is 0 Å². The quantitative estimate of drug-likeness (QED) is 0.625. The smallest absolute Gasteiger partial charge is 0.242 e. The Hall–Kier alpha value is -2.48. The number of nitrogens with zero attached hydrogens (tertiary/aromatic N) is 2. The molecule has 2 aromatic carbocycles. The van der Waals surface area contributed by atoms with Crippen LogP contribution in [0, 0.1) is 6.92 Å². The van der Waals surface area contributed by atoms with Crippen LogP contribution in [-0.2, 0) is 10.0 Å². The molecule has 1 saturated heterocycles. The summed E-state index contributed by atoms with van der Waals surface area (Å²) in [7, 11) is -2.08. The molecule has 0 amide bonds. The molecule has 1 aliphatic rings. The topological polar surface area (TPSA) is 71.5 Å². The van der Waals surface area contributed by atoms with Crippen LogP contribution < -0.4 is 9.46 Å². The molecule has 30 heavy (non-hydrogen) atoms. The fraction of sp³-hybridized carbons (Fsp3) is 0.348. The van der Waals surface area contributed by atoms with Gasteiger partial charge in [-0.2, -0.15) is 0 Å². The molecule has 158 valence electrons. The fourth-order valence-electron chi connectivity index (χ4n) is 4.09. The van der Waals surface area contributed by atoms with Crippen molar-refractivity contribution in [1.82, 2.24) is 14.6 Å². The molecule has 7 heteroatoms. The van der Waals surface area contributed by atoms with Gasteiger partial charge in [0.1, 0.15) is 10.6 Å². The monoisotopic (exact) mass is 425 g/mol. The first-order valence-electron chi connectivity index (χ1n) is 10.2. The minimum absolute atomic E-state index is 0.0532. The van der Waals surface area contributed by atoms with Gasteiger partial charge in [-0.05, 0) is 68.2 Å². The minimum atomic E-state index is -3.72. The van der Waals surface area contributed by atoms with Crippen molar-refractivity contribution in [2.75, 3.05) is 26.7 Å². The summed E-state index contributed by atoms with van der Waals surface area (Å²) in [6.07, 6.45) is 3.95. The predicted molar refractivity (Wildman–Crippen MR) is 118 cm³/mol. The Labute approximate surface area is 177 Å². The summed E-state index contributed by atoms with van der Waals surface area (Å²) in [5, 5.41) is 0.821. The molecule has 3 aromatic rings. The molecule has 0 radical (unpaired) electrons. The second-order valence-electron chi connectivity index (χ2n) is 7.73. The SMILES string of the molecule is COc1cccc(C(CNS(=O)(=O)c2cccc3cc(C)cnc23)N2CCCC2)c1. The number of benzene rings is 2. The third-order valence-electron chi connectivity index (χ3n) is 5.63. The molecule has 6 nitrogen and oxygen atoms in total. The highest BCUT2D eigenvalue weighted by atomic mass is 32.2. The van der Waals surface area contributed by atoms with E-state index >= 15 is 0 Å². The molecule has 1 atom stereocenters. The summed E-state index contributed by atoms with van der Waals surface area (Å²) < 4.78 is 34.6. The molecule has 0 spiro atoms. The number of likely N-dealkylation sites (tertiary alicyclic amines) is 1. The summed E-state index contributed by atoms with van der Waals surface area (Å²) >= 11 is 0. The number of hydrogen-bond acceptors (Lipinski definition) is 5. The van der Waals surface area contributed by atoms with Gasteiger partial charge in [0.25, 0.3) is 0 Å². The standard InChI is InChI=1S/C23H27N3O3S/c1-17-13-19-8-6-10-22(23(19)24-15-17)30(27,28)25-16-21(26-11-3-4-12-26)18-7-5-9-20(14-18)29-2/h5-10,13-15,21,25H,3-4,11-12,16H2,1-2H3. The highest BCUT2D eigenvalue weighted by Gasteiger charge is 2.27. The van der Waals surface area contributed by atoms with E-state index in [1.54, 1.807) is 25.4 Å². The maximum Gasteiger partial charge on any atom is 0.242 e. The van der Waals surface area contributed by atoms with E-state index < -0.39 is 10.0 Å². The highest BCUT2D eigenvalue weighted by Crippen LogP contribution is 2.28. The molecule has 0 aliphatic carbocycles. The van der Waals surface area contributed by atoms with E-state index in [1.165, 1.54) is 0 Å². The van der Waals surface area contributed by atoms with Crippen LogP contribution in [0.15, 0.2) is 59.6 Å². The Bertz CT molecular complexity index is 1140. The van der Waals surface area contributed by atoms with Crippen LogP contribution in [0.5, 0.6) is 5.75 Å². The third-order valence-corrected chi connectivity index (χ3v) is 7.08. The second kappa shape index (κ2) is 8.71. The number of rotatable bonds is 7. The van der Waals surface area contributed by atoms with Gasteiger partial charge in [-0.25, -0.2) is 13.1 Å². The number of pyridine rings is 1. The zero-order valence-corrected chi connectivity index (χ0v) is 18.2. The van der Waals surface area contributed by atoms with E-state index in [1.807, 2.05) is 43.3 Å². The number of nitrogens with one attached hydrogen (secondary N) is 1. The predicted octanol–water partition coefficient (Wildman–Crippen LogP) is 3.67. The average Bonchev–Trinajstić information content (AvgIpc) is 3.28. The number of fused-ring (bicyclic) bond motifs is 1. The van der Waals surface area contributed by atoms with Gasteiger partial charge in [0.15, 0.2) is 0 Å². The van der Waals surface area contributed by atoms with E-state index in [-0.39, 0.29) is 17.5 Å². The van der Waals surface area contributed by atoms with Crippen LogP contribution in [0.2, 0.25) is 0 Å². The molecule has 1 N–H and O–H groups in total. The number of aromatic nitrogens is 1. The lowest BCUT2D eigenvalue weighted by atomic mass is 10.1. The van der Waals surface area contributed by atoms with E-state index in [4.69, 9.17) is 4.74 Å². The van der Waals surface area contributed by atoms with Gasteiger partial charge in [-0.3, -0.25) is 9.88 Å².